The van der Waals surface area contributed by atoms with E-state index in [0.29, 0.717) is 19.4 Å². The molecule has 1 saturated carbocycles. The Labute approximate surface area is 256 Å². The standard InChI is InChI=1S/C31H43F3N4O6/c1-7-25(39)35-12-14-37-23-15-21(22(31(32,33)34)16-24(23)43-30(5,6)27(37)41)26(40)38(17-19-10-11-19)20-9-8-13-36(18-20)44-28(42)29(2,3)4/h15-16,19-20H,7-14,17-18H2,1-6H3,(H,35,39). The molecule has 0 spiro atoms. The first-order valence-electron chi connectivity index (χ1n) is 15.2. The molecule has 2 fully saturated rings. The van der Waals surface area contributed by atoms with Gasteiger partial charge in [-0.15, -0.1) is 5.06 Å². The van der Waals surface area contributed by atoms with E-state index >= 15 is 0 Å². The van der Waals surface area contributed by atoms with E-state index in [2.05, 4.69) is 5.32 Å². The van der Waals surface area contributed by atoms with Crippen molar-refractivity contribution in [2.75, 3.05) is 37.6 Å². The van der Waals surface area contributed by atoms with Crippen molar-refractivity contribution in [3.63, 3.8) is 0 Å². The lowest BCUT2D eigenvalue weighted by molar-refractivity contribution is -0.207. The van der Waals surface area contributed by atoms with Gasteiger partial charge in [-0.05, 0) is 78.4 Å². The number of halogens is 3. The number of ether oxygens (including phenoxy) is 1. The van der Waals surface area contributed by atoms with Crippen LogP contribution in [0.3, 0.4) is 0 Å². The fraction of sp³-hybridized carbons (Fsp3) is 0.677. The smallest absolute Gasteiger partial charge is 0.417 e. The number of hydrogen-bond donors (Lipinski definition) is 1. The summed E-state index contributed by atoms with van der Waals surface area (Å²) in [6.45, 7) is 10.7. The van der Waals surface area contributed by atoms with E-state index in [4.69, 9.17) is 9.57 Å². The van der Waals surface area contributed by atoms with Crippen LogP contribution in [0.1, 0.15) is 89.6 Å². The molecule has 1 atom stereocenters. The van der Waals surface area contributed by atoms with E-state index in [-0.39, 0.29) is 55.9 Å². The zero-order valence-electron chi connectivity index (χ0n) is 26.3. The lowest BCUT2D eigenvalue weighted by Gasteiger charge is -2.41. The number of hydroxylamine groups is 2. The highest BCUT2D eigenvalue weighted by Crippen LogP contribution is 2.44. The van der Waals surface area contributed by atoms with Gasteiger partial charge in [-0.1, -0.05) is 6.92 Å². The van der Waals surface area contributed by atoms with Crippen LogP contribution in [-0.4, -0.2) is 78.0 Å². The number of carbonyl (C=O) groups is 4. The Morgan fingerprint density at radius 1 is 1.14 bits per heavy atom. The van der Waals surface area contributed by atoms with Crippen LogP contribution in [0.4, 0.5) is 18.9 Å². The third-order valence-electron chi connectivity index (χ3n) is 8.07. The fourth-order valence-corrected chi connectivity index (χ4v) is 5.32. The summed E-state index contributed by atoms with van der Waals surface area (Å²) < 4.78 is 49.4. The minimum atomic E-state index is -4.89. The normalized spacial score (nSPS) is 20.4. The average Bonchev–Trinajstić information content (AvgIpc) is 3.76. The Morgan fingerprint density at radius 3 is 2.41 bits per heavy atom. The van der Waals surface area contributed by atoms with Gasteiger partial charge in [0.2, 0.25) is 5.91 Å². The van der Waals surface area contributed by atoms with E-state index < -0.39 is 52.1 Å². The molecule has 0 aromatic heterocycles. The number of piperidine rings is 1. The Bertz CT molecular complexity index is 1290. The topological polar surface area (TPSA) is 108 Å². The van der Waals surface area contributed by atoms with Crippen molar-refractivity contribution in [2.45, 2.75) is 91.5 Å². The van der Waals surface area contributed by atoms with E-state index in [1.165, 1.54) is 28.7 Å². The molecule has 1 aromatic carbocycles. The molecule has 0 radical (unpaired) electrons. The Kier molecular flexibility index (Phi) is 9.58. The van der Waals surface area contributed by atoms with Gasteiger partial charge in [0.25, 0.3) is 11.8 Å². The number of fused-ring (bicyclic) bond motifs is 1. The number of alkyl halides is 3. The van der Waals surface area contributed by atoms with Crippen molar-refractivity contribution in [2.24, 2.45) is 11.3 Å². The number of carbonyl (C=O) groups excluding carboxylic acids is 4. The molecular formula is C31H43F3N4O6. The molecule has 3 amide bonds. The lowest BCUT2D eigenvalue weighted by atomic mass is 9.97. The van der Waals surface area contributed by atoms with Gasteiger partial charge in [0.15, 0.2) is 5.60 Å². The van der Waals surface area contributed by atoms with Crippen LogP contribution in [0.25, 0.3) is 0 Å². The summed E-state index contributed by atoms with van der Waals surface area (Å²) in [7, 11) is 0. The number of rotatable bonds is 9. The van der Waals surface area contributed by atoms with Gasteiger partial charge in [0.05, 0.1) is 28.8 Å². The summed E-state index contributed by atoms with van der Waals surface area (Å²) in [5.74, 6) is -1.99. The third kappa shape index (κ3) is 7.65. The zero-order chi connectivity index (χ0) is 32.6. The summed E-state index contributed by atoms with van der Waals surface area (Å²) in [6.07, 6.45) is -1.80. The molecule has 2 heterocycles. The molecule has 0 bridgehead atoms. The maximum absolute atomic E-state index is 14.6. The summed E-state index contributed by atoms with van der Waals surface area (Å²) in [5, 5.41) is 4.17. The van der Waals surface area contributed by atoms with Gasteiger partial charge >= 0.3 is 12.1 Å². The average molecular weight is 625 g/mol. The van der Waals surface area contributed by atoms with Crippen LogP contribution in [-0.2, 0) is 25.4 Å². The molecule has 4 rings (SSSR count). The van der Waals surface area contributed by atoms with Gasteiger partial charge in [-0.3, -0.25) is 14.4 Å². The summed E-state index contributed by atoms with van der Waals surface area (Å²) in [4.78, 5) is 60.3. The fourth-order valence-electron chi connectivity index (χ4n) is 5.32. The Hall–Kier alpha value is -3.35. The molecule has 244 valence electrons. The van der Waals surface area contributed by atoms with Crippen LogP contribution in [0.5, 0.6) is 5.75 Å². The number of benzene rings is 1. The molecule has 13 heteroatoms. The maximum Gasteiger partial charge on any atom is 0.417 e. The lowest BCUT2D eigenvalue weighted by Crippen LogP contribution is -2.54. The van der Waals surface area contributed by atoms with E-state index in [1.807, 2.05) is 0 Å². The minimum Gasteiger partial charge on any atom is -0.476 e. The molecule has 1 aromatic rings. The number of hydrogen-bond acceptors (Lipinski definition) is 7. The monoisotopic (exact) mass is 624 g/mol. The van der Waals surface area contributed by atoms with Gasteiger partial charge in [-0.2, -0.15) is 13.2 Å². The maximum atomic E-state index is 14.6. The largest absolute Gasteiger partial charge is 0.476 e. The molecule has 44 heavy (non-hydrogen) atoms. The van der Waals surface area contributed by atoms with Crippen molar-refractivity contribution < 1.29 is 41.9 Å². The first-order valence-corrected chi connectivity index (χ1v) is 15.2. The molecule has 1 unspecified atom stereocenters. The number of nitrogens with zero attached hydrogens (tertiary/aromatic N) is 3. The van der Waals surface area contributed by atoms with Crippen molar-refractivity contribution in [3.05, 3.63) is 23.3 Å². The van der Waals surface area contributed by atoms with Gasteiger partial charge in [0, 0.05) is 38.6 Å². The second-order valence-electron chi connectivity index (χ2n) is 13.3. The second kappa shape index (κ2) is 12.6. The molecule has 2 aliphatic heterocycles. The highest BCUT2D eigenvalue weighted by molar-refractivity contribution is 6.05. The predicted octanol–water partition coefficient (Wildman–Crippen LogP) is 4.56. The summed E-state index contributed by atoms with van der Waals surface area (Å²) in [5.41, 5.74) is -3.92. The zero-order valence-corrected chi connectivity index (χ0v) is 26.3. The van der Waals surface area contributed by atoms with Crippen LogP contribution < -0.4 is 15.0 Å². The van der Waals surface area contributed by atoms with Crippen molar-refractivity contribution in [1.29, 1.82) is 0 Å². The number of anilines is 1. The van der Waals surface area contributed by atoms with Crippen molar-refractivity contribution in [1.82, 2.24) is 15.3 Å². The summed E-state index contributed by atoms with van der Waals surface area (Å²) in [6, 6.07) is 1.40. The number of amides is 3. The first kappa shape index (κ1) is 33.5. The highest BCUT2D eigenvalue weighted by atomic mass is 19.4. The van der Waals surface area contributed by atoms with Crippen LogP contribution >= 0.6 is 0 Å². The Morgan fingerprint density at radius 2 is 1.82 bits per heavy atom. The summed E-state index contributed by atoms with van der Waals surface area (Å²) >= 11 is 0. The van der Waals surface area contributed by atoms with Gasteiger partial charge in [-0.25, -0.2) is 4.79 Å². The van der Waals surface area contributed by atoms with Crippen molar-refractivity contribution >= 4 is 29.4 Å². The molecule has 3 aliphatic rings. The minimum absolute atomic E-state index is 0.0219. The van der Waals surface area contributed by atoms with Crippen molar-refractivity contribution in [3.8, 4) is 5.75 Å². The molecule has 10 nitrogen and oxygen atoms in total. The van der Waals surface area contributed by atoms with E-state index in [9.17, 15) is 32.3 Å². The van der Waals surface area contributed by atoms with Gasteiger partial charge < -0.3 is 24.7 Å². The molecule has 1 saturated heterocycles. The van der Waals surface area contributed by atoms with E-state index in [0.717, 1.165) is 25.0 Å². The second-order valence-corrected chi connectivity index (χ2v) is 13.3. The van der Waals surface area contributed by atoms with Crippen LogP contribution in [0.15, 0.2) is 12.1 Å². The molecular weight excluding hydrogens is 581 g/mol. The van der Waals surface area contributed by atoms with E-state index in [1.54, 1.807) is 27.7 Å². The number of nitrogens with one attached hydrogen (secondary N) is 1. The SMILES string of the molecule is CCC(=O)NCCN1C(=O)C(C)(C)Oc2cc(C(F)(F)F)c(C(=O)N(CC3CC3)C3CCCN(OC(=O)C(C)(C)C)C3)cc21. The molecule has 1 aliphatic carbocycles. The third-order valence-corrected chi connectivity index (χ3v) is 8.07. The predicted molar refractivity (Wildman–Crippen MR) is 156 cm³/mol. The van der Waals surface area contributed by atoms with Gasteiger partial charge in [0.1, 0.15) is 5.75 Å². The van der Waals surface area contributed by atoms with Crippen LogP contribution in [0, 0.1) is 11.3 Å². The first-order chi connectivity index (χ1) is 20.4. The highest BCUT2D eigenvalue weighted by Gasteiger charge is 2.46. The molecule has 1 N–H and O–H groups in total. The Balaban J connectivity index is 1.71. The van der Waals surface area contributed by atoms with Crippen LogP contribution in [0.2, 0.25) is 0 Å². The quantitative estimate of drug-likeness (QED) is 0.429.